The van der Waals surface area contributed by atoms with E-state index in [0.29, 0.717) is 19.1 Å². The zero-order valence-electron chi connectivity index (χ0n) is 16.4. The Morgan fingerprint density at radius 1 is 1.12 bits per heavy atom. The topological polar surface area (TPSA) is 63.2 Å². The van der Waals surface area contributed by atoms with E-state index < -0.39 is 0 Å². The van der Waals surface area contributed by atoms with Crippen LogP contribution in [0.1, 0.15) is 65.2 Å². The van der Waals surface area contributed by atoms with Crippen molar-refractivity contribution in [2.45, 2.75) is 77.4 Å². The van der Waals surface area contributed by atoms with Crippen molar-refractivity contribution in [2.75, 3.05) is 32.8 Å². The van der Waals surface area contributed by atoms with Gasteiger partial charge in [-0.2, -0.15) is 0 Å². The van der Waals surface area contributed by atoms with Crippen molar-refractivity contribution in [3.63, 3.8) is 0 Å². The summed E-state index contributed by atoms with van der Waals surface area (Å²) < 4.78 is 11.2. The zero-order valence-corrected chi connectivity index (χ0v) is 18.7. The first-order valence-corrected chi connectivity index (χ1v) is 10.1. The molecule has 1 saturated carbocycles. The van der Waals surface area contributed by atoms with Crippen LogP contribution in [0.15, 0.2) is 4.99 Å². The zero-order chi connectivity index (χ0) is 17.9. The van der Waals surface area contributed by atoms with Crippen LogP contribution in [0.2, 0.25) is 0 Å². The molecular formula is C19H36IN3O3. The number of piperidine rings is 1. The lowest BCUT2D eigenvalue weighted by Crippen LogP contribution is -2.47. The van der Waals surface area contributed by atoms with Gasteiger partial charge in [-0.05, 0) is 58.8 Å². The van der Waals surface area contributed by atoms with Gasteiger partial charge in [-0.3, -0.25) is 9.79 Å². The van der Waals surface area contributed by atoms with Crippen LogP contribution >= 0.6 is 24.0 Å². The molecule has 0 aromatic rings. The van der Waals surface area contributed by atoms with E-state index in [1.54, 1.807) is 0 Å². The maximum absolute atomic E-state index is 11.9. The van der Waals surface area contributed by atoms with Gasteiger partial charge in [0.1, 0.15) is 6.10 Å². The molecule has 152 valence electrons. The first-order chi connectivity index (χ1) is 12.2. The van der Waals surface area contributed by atoms with Crippen molar-refractivity contribution in [1.82, 2.24) is 10.2 Å². The summed E-state index contributed by atoms with van der Waals surface area (Å²) in [5.74, 6) is 0.895. The second-order valence-corrected chi connectivity index (χ2v) is 6.88. The standard InChI is InChI=1S/C19H35N3O3.HI/c1-3-20-19(22-14-11-16(12-15-22)24-4-2)21-13-7-10-18(23)25-17-8-5-6-9-17;/h16-17H,3-15H2,1-2H3,(H,20,21);1H. The fraction of sp³-hybridized carbons (Fsp3) is 0.895. The predicted molar refractivity (Wildman–Crippen MR) is 115 cm³/mol. The summed E-state index contributed by atoms with van der Waals surface area (Å²) in [4.78, 5) is 18.9. The predicted octanol–water partition coefficient (Wildman–Crippen LogP) is 3.34. The second-order valence-electron chi connectivity index (χ2n) is 6.88. The smallest absolute Gasteiger partial charge is 0.306 e. The van der Waals surface area contributed by atoms with E-state index in [2.05, 4.69) is 24.1 Å². The van der Waals surface area contributed by atoms with Crippen LogP contribution in [0, 0.1) is 0 Å². The normalized spacial score (nSPS) is 19.3. The van der Waals surface area contributed by atoms with Crippen molar-refractivity contribution in [3.8, 4) is 0 Å². The summed E-state index contributed by atoms with van der Waals surface area (Å²) in [5.41, 5.74) is 0. The highest BCUT2D eigenvalue weighted by atomic mass is 127. The number of halogens is 1. The van der Waals surface area contributed by atoms with Gasteiger partial charge in [-0.1, -0.05) is 0 Å². The lowest BCUT2D eigenvalue weighted by atomic mass is 10.1. The SMILES string of the molecule is CCNC(=NCCCC(=O)OC1CCCC1)N1CCC(OCC)CC1.I. The molecule has 1 aliphatic carbocycles. The number of hydrogen-bond acceptors (Lipinski definition) is 4. The molecular weight excluding hydrogens is 445 g/mol. The van der Waals surface area contributed by atoms with Gasteiger partial charge in [0.15, 0.2) is 5.96 Å². The number of ether oxygens (including phenoxy) is 2. The number of likely N-dealkylation sites (tertiary alicyclic amines) is 1. The van der Waals surface area contributed by atoms with Crippen LogP contribution in [0.4, 0.5) is 0 Å². The van der Waals surface area contributed by atoms with E-state index in [1.165, 1.54) is 12.8 Å². The minimum Gasteiger partial charge on any atom is -0.462 e. The van der Waals surface area contributed by atoms with Gasteiger partial charge >= 0.3 is 5.97 Å². The molecule has 0 radical (unpaired) electrons. The van der Waals surface area contributed by atoms with E-state index in [4.69, 9.17) is 14.5 Å². The second kappa shape index (κ2) is 13.6. The number of nitrogens with one attached hydrogen (secondary N) is 1. The number of carbonyl (C=O) groups excluding carboxylic acids is 1. The molecule has 0 bridgehead atoms. The maximum atomic E-state index is 11.9. The lowest BCUT2D eigenvalue weighted by molar-refractivity contribution is -0.148. The molecule has 0 amide bonds. The first-order valence-electron chi connectivity index (χ1n) is 10.1. The summed E-state index contributed by atoms with van der Waals surface area (Å²) in [6, 6.07) is 0. The summed E-state index contributed by atoms with van der Waals surface area (Å²) in [5, 5.41) is 3.36. The van der Waals surface area contributed by atoms with E-state index in [1.807, 2.05) is 0 Å². The van der Waals surface area contributed by atoms with Crippen LogP contribution in [-0.2, 0) is 14.3 Å². The van der Waals surface area contributed by atoms with Gasteiger partial charge < -0.3 is 19.7 Å². The lowest BCUT2D eigenvalue weighted by Gasteiger charge is -2.34. The minimum atomic E-state index is -0.0652. The Hall–Kier alpha value is -0.570. The molecule has 0 unspecified atom stereocenters. The van der Waals surface area contributed by atoms with Gasteiger partial charge in [-0.15, -0.1) is 24.0 Å². The summed E-state index contributed by atoms with van der Waals surface area (Å²) >= 11 is 0. The van der Waals surface area contributed by atoms with Crippen molar-refractivity contribution in [2.24, 2.45) is 4.99 Å². The van der Waals surface area contributed by atoms with Crippen molar-refractivity contribution in [3.05, 3.63) is 0 Å². The highest BCUT2D eigenvalue weighted by Gasteiger charge is 2.22. The molecule has 0 spiro atoms. The quantitative estimate of drug-likeness (QED) is 0.190. The number of hydrogen-bond donors (Lipinski definition) is 1. The van der Waals surface area contributed by atoms with Crippen molar-refractivity contribution >= 4 is 35.9 Å². The Balaban J connectivity index is 0.00000338. The molecule has 2 fully saturated rings. The summed E-state index contributed by atoms with van der Waals surface area (Å²) in [7, 11) is 0. The molecule has 0 atom stereocenters. The average molecular weight is 481 g/mol. The molecule has 1 saturated heterocycles. The molecule has 7 heteroatoms. The van der Waals surface area contributed by atoms with Gasteiger partial charge in [-0.25, -0.2) is 0 Å². The Morgan fingerprint density at radius 3 is 2.42 bits per heavy atom. The number of esters is 1. The first kappa shape index (κ1) is 23.5. The monoisotopic (exact) mass is 481 g/mol. The fourth-order valence-electron chi connectivity index (χ4n) is 3.56. The third kappa shape index (κ3) is 8.41. The summed E-state index contributed by atoms with van der Waals surface area (Å²) in [6.45, 7) is 8.38. The molecule has 2 aliphatic rings. The fourth-order valence-corrected chi connectivity index (χ4v) is 3.56. The Kier molecular flexibility index (Phi) is 12.3. The van der Waals surface area contributed by atoms with Crippen LogP contribution in [0.3, 0.4) is 0 Å². The molecule has 6 nitrogen and oxygen atoms in total. The van der Waals surface area contributed by atoms with Gasteiger partial charge in [0, 0.05) is 39.2 Å². The Bertz CT molecular complexity index is 420. The summed E-state index contributed by atoms with van der Waals surface area (Å²) in [6.07, 6.45) is 8.30. The highest BCUT2D eigenvalue weighted by molar-refractivity contribution is 14.0. The molecule has 1 heterocycles. The number of guanidine groups is 1. The third-order valence-electron chi connectivity index (χ3n) is 4.88. The van der Waals surface area contributed by atoms with E-state index in [-0.39, 0.29) is 36.0 Å². The van der Waals surface area contributed by atoms with E-state index >= 15 is 0 Å². The van der Waals surface area contributed by atoms with Gasteiger partial charge in [0.25, 0.3) is 0 Å². The number of aliphatic imine (C=N–C) groups is 1. The molecule has 26 heavy (non-hydrogen) atoms. The number of carbonyl (C=O) groups is 1. The Labute approximate surface area is 175 Å². The third-order valence-corrected chi connectivity index (χ3v) is 4.88. The highest BCUT2D eigenvalue weighted by Crippen LogP contribution is 2.21. The van der Waals surface area contributed by atoms with Crippen LogP contribution < -0.4 is 5.32 Å². The molecule has 1 aliphatic heterocycles. The van der Waals surface area contributed by atoms with Crippen LogP contribution in [0.5, 0.6) is 0 Å². The number of nitrogens with zero attached hydrogens (tertiary/aromatic N) is 2. The molecule has 0 aromatic heterocycles. The van der Waals surface area contributed by atoms with Crippen LogP contribution in [0.25, 0.3) is 0 Å². The molecule has 1 N–H and O–H groups in total. The van der Waals surface area contributed by atoms with E-state index in [0.717, 1.165) is 64.3 Å². The van der Waals surface area contributed by atoms with E-state index in [9.17, 15) is 4.79 Å². The van der Waals surface area contributed by atoms with Gasteiger partial charge in [0.2, 0.25) is 0 Å². The largest absolute Gasteiger partial charge is 0.462 e. The van der Waals surface area contributed by atoms with Crippen LogP contribution in [-0.4, -0.2) is 61.8 Å². The van der Waals surface area contributed by atoms with Crippen molar-refractivity contribution < 1.29 is 14.3 Å². The molecule has 0 aromatic carbocycles. The molecule has 2 rings (SSSR count). The van der Waals surface area contributed by atoms with Gasteiger partial charge in [0.05, 0.1) is 6.10 Å². The minimum absolute atomic E-state index is 0. The average Bonchev–Trinajstić information content (AvgIpc) is 3.11. The number of rotatable bonds is 8. The Morgan fingerprint density at radius 2 is 1.81 bits per heavy atom. The maximum Gasteiger partial charge on any atom is 0.306 e. The van der Waals surface area contributed by atoms with Crippen molar-refractivity contribution in [1.29, 1.82) is 0 Å².